The third-order valence-electron chi connectivity index (χ3n) is 7.64. The van der Waals surface area contributed by atoms with Crippen molar-refractivity contribution in [2.45, 2.75) is 25.5 Å². The Balaban J connectivity index is 1.45. The summed E-state index contributed by atoms with van der Waals surface area (Å²) in [7, 11) is 7.71. The van der Waals surface area contributed by atoms with E-state index in [2.05, 4.69) is 20.5 Å². The zero-order chi connectivity index (χ0) is 26.1. The summed E-state index contributed by atoms with van der Waals surface area (Å²) in [6.07, 6.45) is 6.61. The molecule has 0 spiro atoms. The first-order valence-corrected chi connectivity index (χ1v) is 12.7. The van der Waals surface area contributed by atoms with Gasteiger partial charge in [-0.2, -0.15) is 5.10 Å². The smallest absolute Gasteiger partial charge is 0.205 e. The molecule has 11 heteroatoms. The van der Waals surface area contributed by atoms with Gasteiger partial charge in [0.1, 0.15) is 11.3 Å². The van der Waals surface area contributed by atoms with Gasteiger partial charge in [-0.15, -0.1) is 0 Å². The van der Waals surface area contributed by atoms with Gasteiger partial charge in [-0.1, -0.05) is 0 Å². The summed E-state index contributed by atoms with van der Waals surface area (Å²) in [5.74, 6) is 3.20. The highest BCUT2D eigenvalue weighted by atomic mass is 16.5. The molecule has 0 radical (unpaired) electrons. The summed E-state index contributed by atoms with van der Waals surface area (Å²) in [6, 6.07) is 6.24. The van der Waals surface area contributed by atoms with Gasteiger partial charge < -0.3 is 23.8 Å². The molecule has 2 fully saturated rings. The number of fused-ring (bicyclic) bond motifs is 4. The van der Waals surface area contributed by atoms with Crippen LogP contribution in [-0.4, -0.2) is 80.8 Å². The topological polar surface area (TPSA) is 99.3 Å². The largest absolute Gasteiger partial charge is 0.496 e. The number of pyridine rings is 3. The lowest BCUT2D eigenvalue weighted by atomic mass is 10.1. The van der Waals surface area contributed by atoms with Crippen LogP contribution in [0.1, 0.15) is 12.1 Å². The van der Waals surface area contributed by atoms with E-state index in [0.29, 0.717) is 6.04 Å². The fourth-order valence-electron chi connectivity index (χ4n) is 5.76. The summed E-state index contributed by atoms with van der Waals surface area (Å²) in [4.78, 5) is 23.7. The first-order chi connectivity index (χ1) is 18.4. The molecule has 38 heavy (non-hydrogen) atoms. The van der Waals surface area contributed by atoms with E-state index in [4.69, 9.17) is 29.5 Å². The summed E-state index contributed by atoms with van der Waals surface area (Å²) in [5.41, 5.74) is 5.28. The molecule has 0 saturated carbocycles. The second-order valence-electron chi connectivity index (χ2n) is 10.2. The summed E-state index contributed by atoms with van der Waals surface area (Å²) >= 11 is 0. The average molecular weight is 512 g/mol. The van der Waals surface area contributed by atoms with Crippen molar-refractivity contribution in [1.29, 1.82) is 0 Å². The third-order valence-corrected chi connectivity index (χ3v) is 7.64. The zero-order valence-corrected chi connectivity index (χ0v) is 22.1. The lowest BCUT2D eigenvalue weighted by Crippen LogP contribution is -2.37. The van der Waals surface area contributed by atoms with Crippen LogP contribution < -0.4 is 14.5 Å². The number of methoxy groups -OCH3 is 1. The van der Waals surface area contributed by atoms with Crippen LogP contribution in [0.4, 0.5) is 11.8 Å². The molecule has 2 saturated heterocycles. The highest BCUT2D eigenvalue weighted by Gasteiger charge is 2.41. The number of nitrogens with zero attached hydrogens (tertiary/aromatic N) is 9. The molecule has 5 aromatic heterocycles. The predicted molar refractivity (Wildman–Crippen MR) is 145 cm³/mol. The summed E-state index contributed by atoms with van der Waals surface area (Å²) < 4.78 is 15.5. The van der Waals surface area contributed by atoms with E-state index in [-0.39, 0.29) is 6.10 Å². The molecule has 2 atom stereocenters. The van der Waals surface area contributed by atoms with Crippen LogP contribution in [0.3, 0.4) is 0 Å². The Kier molecular flexibility index (Phi) is 5.05. The average Bonchev–Trinajstić information content (AvgIpc) is 3.71. The van der Waals surface area contributed by atoms with Crippen LogP contribution in [-0.2, 0) is 11.8 Å². The van der Waals surface area contributed by atoms with Gasteiger partial charge in [-0.05, 0) is 25.5 Å². The Hall–Kier alpha value is -4.25. The number of anilines is 2. The van der Waals surface area contributed by atoms with Gasteiger partial charge in [-0.3, -0.25) is 9.97 Å². The number of rotatable bonds is 5. The van der Waals surface area contributed by atoms with Crippen molar-refractivity contribution in [2.24, 2.45) is 7.05 Å². The van der Waals surface area contributed by atoms with Gasteiger partial charge in [0, 0.05) is 57.2 Å². The number of ether oxygens (including phenoxy) is 2. The minimum atomic E-state index is 0.244. The van der Waals surface area contributed by atoms with Gasteiger partial charge in [0.05, 0.1) is 54.4 Å². The molecule has 7 rings (SSSR count). The number of aromatic nitrogens is 7. The first-order valence-electron chi connectivity index (χ1n) is 12.7. The highest BCUT2D eigenvalue weighted by Crippen LogP contribution is 2.38. The molecule has 7 heterocycles. The van der Waals surface area contributed by atoms with Crippen molar-refractivity contribution < 1.29 is 9.47 Å². The van der Waals surface area contributed by atoms with Crippen LogP contribution in [0.2, 0.25) is 0 Å². The van der Waals surface area contributed by atoms with E-state index in [1.54, 1.807) is 19.5 Å². The van der Waals surface area contributed by atoms with Crippen LogP contribution >= 0.6 is 0 Å². The van der Waals surface area contributed by atoms with Gasteiger partial charge in [0.2, 0.25) is 5.95 Å². The Morgan fingerprint density at radius 3 is 2.71 bits per heavy atom. The third kappa shape index (κ3) is 3.34. The standard InChI is InChI=1S/C27H29N9O2/c1-15-18-12-29-36(21(18)9-20(30-15)19-11-28-7-6-23(19)37-5)24-10-22-25(32-27(33(2)3)34(22)4)26(31-24)35-13-17-8-16(35)14-38-17/h6-7,9-12,16-17H,8,13-14H2,1-5H3/t16-,17-/m1/s1. The molecule has 11 nitrogen and oxygen atoms in total. The fraction of sp³-hybridized carbons (Fsp3) is 0.370. The molecular formula is C27H29N9O2. The van der Waals surface area contributed by atoms with Crippen molar-refractivity contribution in [3.05, 3.63) is 42.5 Å². The molecule has 0 amide bonds. The lowest BCUT2D eigenvalue weighted by molar-refractivity contribution is 0.0990. The van der Waals surface area contributed by atoms with Crippen molar-refractivity contribution >= 4 is 33.7 Å². The molecular weight excluding hydrogens is 482 g/mol. The second-order valence-corrected chi connectivity index (χ2v) is 10.2. The van der Waals surface area contributed by atoms with Crippen LogP contribution in [0, 0.1) is 6.92 Å². The predicted octanol–water partition coefficient (Wildman–Crippen LogP) is 3.12. The molecule has 2 aliphatic rings. The summed E-state index contributed by atoms with van der Waals surface area (Å²) in [5, 5.41) is 5.75. The summed E-state index contributed by atoms with van der Waals surface area (Å²) in [6.45, 7) is 3.53. The van der Waals surface area contributed by atoms with Gasteiger partial charge >= 0.3 is 0 Å². The Morgan fingerprint density at radius 2 is 1.97 bits per heavy atom. The molecule has 0 unspecified atom stereocenters. The van der Waals surface area contributed by atoms with Crippen molar-refractivity contribution in [1.82, 2.24) is 34.3 Å². The highest BCUT2D eigenvalue weighted by molar-refractivity contribution is 5.92. The van der Waals surface area contributed by atoms with Crippen molar-refractivity contribution in [2.75, 3.05) is 44.2 Å². The molecule has 194 valence electrons. The van der Waals surface area contributed by atoms with Crippen molar-refractivity contribution in [3.63, 3.8) is 0 Å². The number of hydrogen-bond donors (Lipinski definition) is 0. The Labute approximate surface area is 219 Å². The lowest BCUT2D eigenvalue weighted by Gasteiger charge is -2.28. The van der Waals surface area contributed by atoms with Crippen LogP contribution in [0.25, 0.3) is 39.0 Å². The maximum Gasteiger partial charge on any atom is 0.205 e. The number of morpholine rings is 1. The normalized spacial score (nSPS) is 18.7. The molecule has 5 aromatic rings. The number of hydrogen-bond acceptors (Lipinski definition) is 9. The monoisotopic (exact) mass is 511 g/mol. The maximum atomic E-state index is 5.89. The van der Waals surface area contributed by atoms with Crippen molar-refractivity contribution in [3.8, 4) is 22.8 Å². The first kappa shape index (κ1) is 22.9. The number of aryl methyl sites for hydroxylation is 2. The Morgan fingerprint density at radius 1 is 1.11 bits per heavy atom. The van der Waals surface area contributed by atoms with E-state index < -0.39 is 0 Å². The zero-order valence-electron chi connectivity index (χ0n) is 22.1. The molecule has 0 aliphatic carbocycles. The fourth-order valence-corrected chi connectivity index (χ4v) is 5.76. The minimum absolute atomic E-state index is 0.244. The second kappa shape index (κ2) is 8.38. The number of imidazole rings is 1. The molecule has 0 N–H and O–H groups in total. The minimum Gasteiger partial charge on any atom is -0.496 e. The quantitative estimate of drug-likeness (QED) is 0.352. The van der Waals surface area contributed by atoms with E-state index in [9.17, 15) is 0 Å². The van der Waals surface area contributed by atoms with Gasteiger partial charge in [-0.25, -0.2) is 14.6 Å². The van der Waals surface area contributed by atoms with Crippen LogP contribution in [0.15, 0.2) is 36.8 Å². The molecule has 0 aromatic carbocycles. The van der Waals surface area contributed by atoms with Gasteiger partial charge in [0.15, 0.2) is 11.6 Å². The maximum absolute atomic E-state index is 5.89. The molecule has 2 aliphatic heterocycles. The van der Waals surface area contributed by atoms with E-state index >= 15 is 0 Å². The molecule has 2 bridgehead atoms. The van der Waals surface area contributed by atoms with Gasteiger partial charge in [0.25, 0.3) is 0 Å². The van der Waals surface area contributed by atoms with Crippen LogP contribution in [0.5, 0.6) is 5.75 Å². The SMILES string of the molecule is COc1ccncc1-c1cc2c(cnn2-c2cc3c(nc(N(C)C)n3C)c(N3C[C@H]4C[C@@H]3CO4)n2)c(C)n1. The Bertz CT molecular complexity index is 1710. The van der Waals surface area contributed by atoms with E-state index in [1.807, 2.05) is 56.0 Å². The van der Waals surface area contributed by atoms with E-state index in [1.165, 1.54) is 0 Å². The van der Waals surface area contributed by atoms with E-state index in [0.717, 1.165) is 81.8 Å².